The summed E-state index contributed by atoms with van der Waals surface area (Å²) >= 11 is 0. The van der Waals surface area contributed by atoms with Crippen molar-refractivity contribution in [3.8, 4) is 5.75 Å². The first-order valence-corrected chi connectivity index (χ1v) is 10.00. The minimum Gasteiger partial charge on any atom is -0.497 e. The third-order valence-electron chi connectivity index (χ3n) is 4.18. The number of fused-ring (bicyclic) bond motifs is 1. The maximum atomic E-state index is 12.1. The Morgan fingerprint density at radius 3 is 2.77 bits per heavy atom. The smallest absolute Gasteiger partial charge is 0.319 e. The maximum absolute atomic E-state index is 12.1. The van der Waals surface area contributed by atoms with Crippen LogP contribution in [0, 0.1) is 0 Å². The Hall–Kier alpha value is -2.74. The lowest BCUT2D eigenvalue weighted by molar-refractivity contribution is 0.251. The summed E-state index contributed by atoms with van der Waals surface area (Å²) in [6.07, 6.45) is 1.85. The van der Waals surface area contributed by atoms with Crippen LogP contribution < -0.4 is 19.7 Å². The van der Waals surface area contributed by atoms with Crippen molar-refractivity contribution >= 4 is 27.4 Å². The summed E-state index contributed by atoms with van der Waals surface area (Å²) in [5.41, 5.74) is 3.04. The van der Waals surface area contributed by atoms with E-state index in [9.17, 15) is 13.2 Å². The Morgan fingerprint density at radius 1 is 1.23 bits per heavy atom. The second kappa shape index (κ2) is 7.25. The van der Waals surface area contributed by atoms with Crippen molar-refractivity contribution in [1.82, 2.24) is 5.32 Å². The molecule has 0 atom stereocenters. The molecule has 7 nitrogen and oxygen atoms in total. The number of nitrogens with zero attached hydrogens (tertiary/aromatic N) is 1. The van der Waals surface area contributed by atoms with Crippen molar-refractivity contribution in [3.63, 3.8) is 0 Å². The van der Waals surface area contributed by atoms with Crippen molar-refractivity contribution in [1.29, 1.82) is 0 Å². The van der Waals surface area contributed by atoms with Gasteiger partial charge in [-0.15, -0.1) is 0 Å². The Kier molecular flexibility index (Phi) is 5.03. The summed E-state index contributed by atoms with van der Waals surface area (Å²) in [5.74, 6) is 0.726. The Morgan fingerprint density at radius 2 is 2.04 bits per heavy atom. The SMILES string of the molecule is COc1cccc(CNC(=O)Nc2ccc3c(c2)N(S(C)(=O)=O)CC3)c1. The van der Waals surface area contributed by atoms with Crippen molar-refractivity contribution in [2.24, 2.45) is 0 Å². The maximum Gasteiger partial charge on any atom is 0.319 e. The summed E-state index contributed by atoms with van der Waals surface area (Å²) in [7, 11) is -1.73. The van der Waals surface area contributed by atoms with Crippen molar-refractivity contribution in [2.45, 2.75) is 13.0 Å². The van der Waals surface area contributed by atoms with E-state index in [0.717, 1.165) is 16.9 Å². The Labute approximate surface area is 153 Å². The van der Waals surface area contributed by atoms with E-state index in [4.69, 9.17) is 4.74 Å². The van der Waals surface area contributed by atoms with Gasteiger partial charge in [0.2, 0.25) is 10.0 Å². The molecule has 2 aromatic carbocycles. The number of amides is 2. The molecule has 138 valence electrons. The second-order valence-corrected chi connectivity index (χ2v) is 7.99. The van der Waals surface area contributed by atoms with E-state index < -0.39 is 10.0 Å². The van der Waals surface area contributed by atoms with Crippen molar-refractivity contribution in [3.05, 3.63) is 53.6 Å². The van der Waals surface area contributed by atoms with Gasteiger partial charge in [-0.1, -0.05) is 18.2 Å². The van der Waals surface area contributed by atoms with Gasteiger partial charge >= 0.3 is 6.03 Å². The van der Waals surface area contributed by atoms with Crippen LogP contribution in [0.3, 0.4) is 0 Å². The number of methoxy groups -OCH3 is 1. The van der Waals surface area contributed by atoms with E-state index in [0.29, 0.717) is 30.9 Å². The molecule has 0 aromatic heterocycles. The molecule has 0 saturated carbocycles. The molecule has 8 heteroatoms. The van der Waals surface area contributed by atoms with Gasteiger partial charge < -0.3 is 15.4 Å². The summed E-state index contributed by atoms with van der Waals surface area (Å²) in [6, 6.07) is 12.4. The predicted octanol–water partition coefficient (Wildman–Crippen LogP) is 2.34. The highest BCUT2D eigenvalue weighted by Crippen LogP contribution is 2.32. The van der Waals surface area contributed by atoms with Crippen LogP contribution in [-0.2, 0) is 23.0 Å². The topological polar surface area (TPSA) is 87.7 Å². The fourth-order valence-corrected chi connectivity index (χ4v) is 3.86. The molecule has 2 N–H and O–H groups in total. The monoisotopic (exact) mass is 375 g/mol. The fraction of sp³-hybridized carbons (Fsp3) is 0.278. The number of nitrogens with one attached hydrogen (secondary N) is 2. The Bertz CT molecular complexity index is 928. The van der Waals surface area contributed by atoms with Gasteiger partial charge in [0, 0.05) is 18.8 Å². The van der Waals surface area contributed by atoms with E-state index in [2.05, 4.69) is 10.6 Å². The minimum atomic E-state index is -3.32. The molecular weight excluding hydrogens is 354 g/mol. The molecule has 2 aromatic rings. The van der Waals surface area contributed by atoms with Gasteiger partial charge in [-0.25, -0.2) is 13.2 Å². The predicted molar refractivity (Wildman–Crippen MR) is 101 cm³/mol. The van der Waals surface area contributed by atoms with E-state index in [-0.39, 0.29) is 6.03 Å². The third kappa shape index (κ3) is 4.08. The normalized spacial score (nSPS) is 13.2. The summed E-state index contributed by atoms with van der Waals surface area (Å²) < 4.78 is 30.2. The minimum absolute atomic E-state index is 0.351. The van der Waals surface area contributed by atoms with E-state index in [1.54, 1.807) is 19.2 Å². The van der Waals surface area contributed by atoms with Gasteiger partial charge in [0.1, 0.15) is 5.75 Å². The van der Waals surface area contributed by atoms with Crippen LogP contribution >= 0.6 is 0 Å². The Balaban J connectivity index is 1.65. The number of carbonyl (C=O) groups excluding carboxylic acids is 1. The lowest BCUT2D eigenvalue weighted by Gasteiger charge is -2.17. The first kappa shape index (κ1) is 18.1. The molecule has 1 aliphatic rings. The van der Waals surface area contributed by atoms with Gasteiger partial charge in [-0.05, 0) is 41.8 Å². The standard InChI is InChI=1S/C18H21N3O4S/c1-25-16-5-3-4-13(10-16)12-19-18(22)20-15-7-6-14-8-9-21(17(14)11-15)26(2,23)24/h3-7,10-11H,8-9,12H2,1-2H3,(H2,19,20,22). The first-order valence-electron chi connectivity index (χ1n) is 8.15. The highest BCUT2D eigenvalue weighted by molar-refractivity contribution is 7.92. The van der Waals surface area contributed by atoms with Crippen LogP contribution in [0.25, 0.3) is 0 Å². The molecular formula is C18H21N3O4S. The summed E-state index contributed by atoms with van der Waals surface area (Å²) in [4.78, 5) is 12.1. The number of rotatable bonds is 5. The number of urea groups is 1. The number of benzene rings is 2. The number of hydrogen-bond donors (Lipinski definition) is 2. The van der Waals surface area contributed by atoms with Gasteiger partial charge in [-0.3, -0.25) is 4.31 Å². The van der Waals surface area contributed by atoms with Crippen molar-refractivity contribution in [2.75, 3.05) is 29.5 Å². The molecule has 1 heterocycles. The number of carbonyl (C=O) groups is 1. The zero-order chi connectivity index (χ0) is 18.7. The second-order valence-electron chi connectivity index (χ2n) is 6.09. The molecule has 0 radical (unpaired) electrons. The largest absolute Gasteiger partial charge is 0.497 e. The van der Waals surface area contributed by atoms with Crippen LogP contribution in [0.4, 0.5) is 16.2 Å². The van der Waals surface area contributed by atoms with Gasteiger partial charge in [0.15, 0.2) is 0 Å². The lowest BCUT2D eigenvalue weighted by Crippen LogP contribution is -2.29. The molecule has 3 rings (SSSR count). The van der Waals surface area contributed by atoms with E-state index >= 15 is 0 Å². The molecule has 0 saturated heterocycles. The van der Waals surface area contributed by atoms with Gasteiger partial charge in [-0.2, -0.15) is 0 Å². The zero-order valence-electron chi connectivity index (χ0n) is 14.7. The van der Waals surface area contributed by atoms with Crippen LogP contribution in [0.5, 0.6) is 5.75 Å². The molecule has 0 unspecified atom stereocenters. The van der Waals surface area contributed by atoms with E-state index in [1.165, 1.54) is 10.6 Å². The number of anilines is 2. The zero-order valence-corrected chi connectivity index (χ0v) is 15.5. The average molecular weight is 375 g/mol. The van der Waals surface area contributed by atoms with Crippen LogP contribution in [0.2, 0.25) is 0 Å². The number of hydrogen-bond acceptors (Lipinski definition) is 4. The number of sulfonamides is 1. The third-order valence-corrected chi connectivity index (χ3v) is 5.36. The molecule has 2 amide bonds. The van der Waals surface area contributed by atoms with Crippen molar-refractivity contribution < 1.29 is 17.9 Å². The van der Waals surface area contributed by atoms with E-state index in [1.807, 2.05) is 30.3 Å². The molecule has 1 aliphatic heterocycles. The molecule has 26 heavy (non-hydrogen) atoms. The summed E-state index contributed by atoms with van der Waals surface area (Å²) in [6.45, 7) is 0.781. The van der Waals surface area contributed by atoms with Crippen LogP contribution in [0.1, 0.15) is 11.1 Å². The average Bonchev–Trinajstić information content (AvgIpc) is 3.03. The molecule has 0 bridgehead atoms. The highest BCUT2D eigenvalue weighted by Gasteiger charge is 2.26. The highest BCUT2D eigenvalue weighted by atomic mass is 32.2. The fourth-order valence-electron chi connectivity index (χ4n) is 2.91. The van der Waals surface area contributed by atoms with Crippen LogP contribution in [0.15, 0.2) is 42.5 Å². The molecule has 0 spiro atoms. The molecule has 0 aliphatic carbocycles. The van der Waals surface area contributed by atoms with Gasteiger partial charge in [0.05, 0.1) is 19.1 Å². The first-order chi connectivity index (χ1) is 12.4. The quantitative estimate of drug-likeness (QED) is 0.840. The van der Waals surface area contributed by atoms with Crippen LogP contribution in [-0.4, -0.2) is 34.4 Å². The molecule has 0 fully saturated rings. The number of ether oxygens (including phenoxy) is 1. The summed E-state index contributed by atoms with van der Waals surface area (Å²) in [5, 5.41) is 5.51. The van der Waals surface area contributed by atoms with Gasteiger partial charge in [0.25, 0.3) is 0 Å². The lowest BCUT2D eigenvalue weighted by atomic mass is 10.1.